The van der Waals surface area contributed by atoms with E-state index in [1.54, 1.807) is 41.5 Å². The summed E-state index contributed by atoms with van der Waals surface area (Å²) in [5.74, 6) is -5.66. The Morgan fingerprint density at radius 2 is 1.48 bits per heavy atom. The third kappa shape index (κ3) is 12.8. The number of fused-ring (bicyclic) bond motifs is 1. The Morgan fingerprint density at radius 3 is 2.07 bits per heavy atom. The second-order valence-electron chi connectivity index (χ2n) is 15.7. The molecule has 3 aliphatic rings. The van der Waals surface area contributed by atoms with E-state index in [2.05, 4.69) is 20.9 Å². The largest absolute Gasteiger partial charge is 0.466 e. The van der Waals surface area contributed by atoms with Gasteiger partial charge in [0.1, 0.15) is 42.8 Å². The third-order valence-corrected chi connectivity index (χ3v) is 9.02. The van der Waals surface area contributed by atoms with Crippen molar-refractivity contribution >= 4 is 41.8 Å². The van der Waals surface area contributed by atoms with Crippen molar-refractivity contribution in [3.05, 3.63) is 11.9 Å². The molecule has 0 bridgehead atoms. The molecule has 3 saturated heterocycles. The van der Waals surface area contributed by atoms with Crippen LogP contribution >= 0.6 is 0 Å². The van der Waals surface area contributed by atoms with Crippen LogP contribution in [0, 0.1) is 0 Å². The Hall–Kier alpha value is -4.97. The number of methoxy groups -OCH3 is 1. The van der Waals surface area contributed by atoms with Crippen molar-refractivity contribution in [2.24, 2.45) is 0 Å². The summed E-state index contributed by atoms with van der Waals surface area (Å²) in [6.45, 7) is 13.6. The Bertz CT molecular complexity index is 1730. The van der Waals surface area contributed by atoms with Crippen LogP contribution in [0.25, 0.3) is 0 Å². The average molecular weight is 857 g/mol. The predicted octanol–water partition coefficient (Wildman–Crippen LogP) is 0.173. The molecule has 23 nitrogen and oxygen atoms in total. The zero-order valence-electron chi connectivity index (χ0n) is 35.6. The minimum absolute atomic E-state index is 0.00378. The van der Waals surface area contributed by atoms with Crippen LogP contribution in [0.3, 0.4) is 0 Å². The summed E-state index contributed by atoms with van der Waals surface area (Å²) in [5, 5.41) is 13.9. The highest BCUT2D eigenvalue weighted by atomic mass is 16.8. The van der Waals surface area contributed by atoms with Gasteiger partial charge >= 0.3 is 35.9 Å². The van der Waals surface area contributed by atoms with Crippen molar-refractivity contribution < 1.29 is 80.9 Å². The maximum Gasteiger partial charge on any atom is 0.318 e. The van der Waals surface area contributed by atoms with Crippen molar-refractivity contribution in [3.8, 4) is 0 Å². The van der Waals surface area contributed by atoms with Crippen LogP contribution in [-0.2, 0) is 82.7 Å². The van der Waals surface area contributed by atoms with Crippen LogP contribution in [0.1, 0.15) is 87.6 Å². The molecule has 3 amide bonds. The molecule has 0 radical (unpaired) electrons. The smallest absolute Gasteiger partial charge is 0.318 e. The second-order valence-corrected chi connectivity index (χ2v) is 15.7. The van der Waals surface area contributed by atoms with Crippen LogP contribution < -0.4 is 10.6 Å². The number of nitrogens with zero attached hydrogens (tertiary/aromatic N) is 4. The monoisotopic (exact) mass is 856 g/mol. The maximum absolute atomic E-state index is 14.2. The molecule has 336 valence electrons. The first kappa shape index (κ1) is 47.7. The van der Waals surface area contributed by atoms with Crippen LogP contribution in [0.15, 0.2) is 6.20 Å². The predicted molar refractivity (Wildman–Crippen MR) is 199 cm³/mol. The van der Waals surface area contributed by atoms with E-state index in [9.17, 15) is 33.6 Å². The van der Waals surface area contributed by atoms with E-state index in [-0.39, 0.29) is 18.8 Å². The Morgan fingerprint density at radius 1 is 0.867 bits per heavy atom. The number of amides is 3. The molecule has 10 atom stereocenters. The van der Waals surface area contributed by atoms with E-state index < -0.39 is 134 Å². The summed E-state index contributed by atoms with van der Waals surface area (Å²) in [6, 6.07) is -2.26. The number of ether oxygens (including phenoxy) is 10. The number of aromatic nitrogens is 3. The number of urea groups is 1. The van der Waals surface area contributed by atoms with Gasteiger partial charge in [0, 0.05) is 46.9 Å². The van der Waals surface area contributed by atoms with Crippen LogP contribution in [0.4, 0.5) is 4.79 Å². The van der Waals surface area contributed by atoms with Gasteiger partial charge in [-0.3, -0.25) is 28.8 Å². The molecule has 0 aliphatic carbocycles. The minimum Gasteiger partial charge on any atom is -0.466 e. The van der Waals surface area contributed by atoms with Crippen LogP contribution in [-0.4, -0.2) is 155 Å². The van der Waals surface area contributed by atoms with E-state index in [0.29, 0.717) is 0 Å². The fourth-order valence-electron chi connectivity index (χ4n) is 6.86. The Balaban J connectivity index is 1.70. The summed E-state index contributed by atoms with van der Waals surface area (Å²) in [4.78, 5) is 91.1. The molecule has 3 fully saturated rings. The van der Waals surface area contributed by atoms with Crippen molar-refractivity contribution in [3.63, 3.8) is 0 Å². The molecule has 1 unspecified atom stereocenters. The van der Waals surface area contributed by atoms with Crippen molar-refractivity contribution in [2.45, 2.75) is 155 Å². The highest BCUT2D eigenvalue weighted by Gasteiger charge is 2.56. The van der Waals surface area contributed by atoms with Crippen molar-refractivity contribution in [1.29, 1.82) is 0 Å². The van der Waals surface area contributed by atoms with Gasteiger partial charge in [0.05, 0.1) is 25.8 Å². The van der Waals surface area contributed by atoms with Crippen LogP contribution in [0.2, 0.25) is 0 Å². The summed E-state index contributed by atoms with van der Waals surface area (Å²) >= 11 is 0. The number of carbonyl (C=O) groups is 7. The van der Waals surface area contributed by atoms with E-state index in [0.717, 1.165) is 37.3 Å². The zero-order chi connectivity index (χ0) is 44.7. The van der Waals surface area contributed by atoms with Crippen LogP contribution in [0.5, 0.6) is 0 Å². The molecule has 4 heterocycles. The van der Waals surface area contributed by atoms with Gasteiger partial charge in [0.25, 0.3) is 0 Å². The fourth-order valence-corrected chi connectivity index (χ4v) is 6.86. The number of hydrogen-bond donors (Lipinski definition) is 2. The average Bonchev–Trinajstić information content (AvgIpc) is 3.81. The molecule has 2 N–H and O–H groups in total. The first-order valence-corrected chi connectivity index (χ1v) is 19.3. The van der Waals surface area contributed by atoms with E-state index >= 15 is 0 Å². The van der Waals surface area contributed by atoms with Gasteiger partial charge in [-0.15, -0.1) is 5.10 Å². The highest BCUT2D eigenvalue weighted by Crippen LogP contribution is 2.39. The third-order valence-electron chi connectivity index (χ3n) is 9.02. The molecule has 3 aliphatic heterocycles. The lowest BCUT2D eigenvalue weighted by Crippen LogP contribution is -2.60. The number of carbonyl (C=O) groups excluding carboxylic acids is 7. The van der Waals surface area contributed by atoms with Gasteiger partial charge in [-0.2, -0.15) is 0 Å². The SMILES string of the molecule is CCOC(=O)CC(C(=O)NC[C@H]1O[C@@H](OC)[C@@H]2OC(C)(C)O[C@@H]21)N(Cc1cn([C@@H]2O[C@H](COC(C)=O)[C@@H](OC(C)=O)[C@H](OC(C)=O)[C@H]2OC(C)=O)nn1)C(=O)NC(C)(C)C. The summed E-state index contributed by atoms with van der Waals surface area (Å²) < 4.78 is 57.5. The molecule has 4 rings (SSSR count). The summed E-state index contributed by atoms with van der Waals surface area (Å²) in [7, 11) is 1.45. The van der Waals surface area contributed by atoms with E-state index in [1.165, 1.54) is 13.3 Å². The Kier molecular flexibility index (Phi) is 15.9. The first-order chi connectivity index (χ1) is 28.0. The first-order valence-electron chi connectivity index (χ1n) is 19.3. The lowest BCUT2D eigenvalue weighted by Gasteiger charge is -2.44. The molecule has 1 aromatic rings. The lowest BCUT2D eigenvalue weighted by molar-refractivity contribution is -0.270. The van der Waals surface area contributed by atoms with E-state index in [4.69, 9.17) is 47.4 Å². The molecule has 1 aromatic heterocycles. The normalized spacial score (nSPS) is 27.4. The molecule has 0 spiro atoms. The van der Waals surface area contributed by atoms with E-state index in [1.807, 2.05) is 0 Å². The number of rotatable bonds is 16. The quantitative estimate of drug-likeness (QED) is 0.166. The minimum atomic E-state index is -1.52. The van der Waals surface area contributed by atoms with Crippen molar-refractivity contribution in [2.75, 3.05) is 26.9 Å². The molecule has 23 heteroatoms. The standard InChI is InChI=1S/C37H56N6O17/c1-12-52-26(48)13-23(32(49)38-14-24-28-31(34(51-11)58-24)60-37(9,10)59-28)42(35(50)39-36(6,7)8)15-22-16-43(41-40-22)33-30(56-21(5)47)29(55-20(4)46)27(54-19(3)45)25(57-33)17-53-18(2)44/h16,23-25,27-31,33-34H,12-15,17H2,1-11H3,(H,38,49)(H,39,50)/t23?,24-,25-,27-,28-,29+,30-,31-,33-,34-/m1/s1. The lowest BCUT2D eigenvalue weighted by atomic mass is 9.97. The molecular formula is C37H56N6O17. The van der Waals surface area contributed by atoms with Gasteiger partial charge in [0.15, 0.2) is 36.6 Å². The highest BCUT2D eigenvalue weighted by molar-refractivity contribution is 5.90. The number of esters is 5. The topological polar surface area (TPSA) is 270 Å². The molecule has 0 saturated carbocycles. The van der Waals surface area contributed by atoms with Gasteiger partial charge in [-0.05, 0) is 41.5 Å². The zero-order valence-corrected chi connectivity index (χ0v) is 35.6. The van der Waals surface area contributed by atoms with Gasteiger partial charge in [-0.1, -0.05) is 5.21 Å². The van der Waals surface area contributed by atoms with Gasteiger partial charge in [-0.25, -0.2) is 9.48 Å². The molecular weight excluding hydrogens is 800 g/mol. The summed E-state index contributed by atoms with van der Waals surface area (Å²) in [5.41, 5.74) is -0.780. The van der Waals surface area contributed by atoms with Gasteiger partial charge < -0.3 is 62.9 Å². The van der Waals surface area contributed by atoms with Gasteiger partial charge in [0.2, 0.25) is 5.91 Å². The van der Waals surface area contributed by atoms with Crippen molar-refractivity contribution in [1.82, 2.24) is 30.5 Å². The summed E-state index contributed by atoms with van der Waals surface area (Å²) in [6.07, 6.45) is -9.17. The maximum atomic E-state index is 14.2. The second kappa shape index (κ2) is 20.1. The molecule has 0 aromatic carbocycles. The molecule has 60 heavy (non-hydrogen) atoms. The Labute approximate surface area is 346 Å². The fraction of sp³-hybridized carbons (Fsp3) is 0.757. The number of nitrogens with one attached hydrogen (secondary N) is 2. The number of hydrogen-bond acceptors (Lipinski definition) is 19.